The summed E-state index contributed by atoms with van der Waals surface area (Å²) in [5.74, 6) is 0.755. The second kappa shape index (κ2) is 10.3. The van der Waals surface area contributed by atoms with Crippen LogP contribution in [0.4, 0.5) is 0 Å². The van der Waals surface area contributed by atoms with Crippen molar-refractivity contribution >= 4 is 29.7 Å². The second-order valence-electron chi connectivity index (χ2n) is 7.72. The Hall–Kier alpha value is -2.14. The lowest BCUT2D eigenvalue weighted by Crippen LogP contribution is -2.37. The highest BCUT2D eigenvalue weighted by molar-refractivity contribution is 7.12. The van der Waals surface area contributed by atoms with Crippen molar-refractivity contribution in [3.8, 4) is 11.1 Å². The molecule has 0 unspecified atom stereocenters. The van der Waals surface area contributed by atoms with Crippen molar-refractivity contribution in [2.75, 3.05) is 13.1 Å². The molecule has 1 aromatic heterocycles. The van der Waals surface area contributed by atoms with Gasteiger partial charge in [-0.15, -0.1) is 23.7 Å². The summed E-state index contributed by atoms with van der Waals surface area (Å²) in [6.07, 6.45) is 2.99. The van der Waals surface area contributed by atoms with Gasteiger partial charge in [0, 0.05) is 19.6 Å². The first-order chi connectivity index (χ1) is 14.2. The largest absolute Gasteiger partial charge is 0.338 e. The van der Waals surface area contributed by atoms with E-state index in [1.54, 1.807) is 11.3 Å². The fourth-order valence-corrected chi connectivity index (χ4v) is 4.96. The van der Waals surface area contributed by atoms with E-state index < -0.39 is 0 Å². The third kappa shape index (κ3) is 4.77. The smallest absolute Gasteiger partial charge is 0.264 e. The average Bonchev–Trinajstić information content (AvgIpc) is 3.25. The zero-order valence-corrected chi connectivity index (χ0v) is 19.0. The lowest BCUT2D eigenvalue weighted by molar-refractivity contribution is 0.0717. The van der Waals surface area contributed by atoms with Crippen LogP contribution < -0.4 is 5.73 Å². The van der Waals surface area contributed by atoms with Crippen LogP contribution in [-0.2, 0) is 13.0 Å². The molecule has 2 aromatic rings. The number of piperidine rings is 1. The Morgan fingerprint density at radius 1 is 1.07 bits per heavy atom. The summed E-state index contributed by atoms with van der Waals surface area (Å²) in [6, 6.07) is 19.1. The molecule has 30 heavy (non-hydrogen) atoms. The van der Waals surface area contributed by atoms with E-state index in [0.717, 1.165) is 37.2 Å². The number of nitrogens with two attached hydrogens (primary N) is 1. The first-order valence-corrected chi connectivity index (χ1v) is 11.3. The molecule has 3 aliphatic rings. The van der Waals surface area contributed by atoms with Gasteiger partial charge in [0.1, 0.15) is 0 Å². The van der Waals surface area contributed by atoms with E-state index in [4.69, 9.17) is 5.73 Å². The van der Waals surface area contributed by atoms with Crippen LogP contribution in [0.5, 0.6) is 0 Å². The Labute approximate surface area is 189 Å². The van der Waals surface area contributed by atoms with E-state index in [1.165, 1.54) is 27.8 Å². The minimum atomic E-state index is 0. The van der Waals surface area contributed by atoms with E-state index in [2.05, 4.69) is 61.5 Å². The number of halogens is 1. The van der Waals surface area contributed by atoms with E-state index in [-0.39, 0.29) is 18.3 Å². The molecule has 1 aliphatic heterocycles. The fraction of sp³-hybridized carbons (Fsp3) is 0.320. The Bertz CT molecular complexity index is 954. The number of carbonyl (C=O) groups is 1. The van der Waals surface area contributed by atoms with Gasteiger partial charge in [0.05, 0.1) is 4.88 Å². The lowest BCUT2D eigenvalue weighted by Gasteiger charge is -2.32. The quantitative estimate of drug-likeness (QED) is 0.430. The Morgan fingerprint density at radius 2 is 1.73 bits per heavy atom. The van der Waals surface area contributed by atoms with Crippen molar-refractivity contribution in [2.45, 2.75) is 38.6 Å². The van der Waals surface area contributed by atoms with Gasteiger partial charge in [-0.05, 0) is 64.4 Å². The minimum absolute atomic E-state index is 0. The van der Waals surface area contributed by atoms with Crippen LogP contribution in [0.3, 0.4) is 0 Å². The van der Waals surface area contributed by atoms with Crippen molar-refractivity contribution < 1.29 is 4.79 Å². The van der Waals surface area contributed by atoms with Gasteiger partial charge in [-0.3, -0.25) is 4.79 Å². The van der Waals surface area contributed by atoms with Crippen LogP contribution in [-0.4, -0.2) is 23.9 Å². The predicted molar refractivity (Wildman–Crippen MR) is 129 cm³/mol. The number of likely N-dealkylation sites (tertiary alicyclic amines) is 1. The van der Waals surface area contributed by atoms with Crippen LogP contribution in [0.1, 0.15) is 52.0 Å². The molecule has 2 aliphatic carbocycles. The predicted octanol–water partition coefficient (Wildman–Crippen LogP) is 5.88. The molecule has 5 rings (SSSR count). The van der Waals surface area contributed by atoms with Gasteiger partial charge in [-0.1, -0.05) is 55.5 Å². The highest BCUT2D eigenvalue weighted by atomic mass is 35.5. The van der Waals surface area contributed by atoms with Gasteiger partial charge >= 0.3 is 0 Å². The molecule has 158 valence electrons. The molecule has 0 radical (unpaired) electrons. The maximum atomic E-state index is 12.7. The van der Waals surface area contributed by atoms with Gasteiger partial charge in [0.2, 0.25) is 0 Å². The number of rotatable bonds is 4. The normalized spacial score (nSPS) is 14.4. The molecular weight excluding hydrogens is 412 g/mol. The number of hydrogen-bond donors (Lipinski definition) is 1. The number of fused-ring (bicyclic) bond motifs is 1. The molecule has 0 bridgehead atoms. The molecule has 3 nitrogen and oxygen atoms in total. The third-order valence-corrected chi connectivity index (χ3v) is 6.93. The van der Waals surface area contributed by atoms with Crippen LogP contribution in [0.15, 0.2) is 60.0 Å². The number of hydrogen-bond acceptors (Lipinski definition) is 3. The van der Waals surface area contributed by atoms with Crippen molar-refractivity contribution in [1.29, 1.82) is 0 Å². The molecular formula is C25H29ClN2OS. The number of nitrogens with zero attached hydrogens (tertiary/aromatic N) is 1. The van der Waals surface area contributed by atoms with Crippen molar-refractivity contribution in [1.82, 2.24) is 4.90 Å². The Balaban J connectivity index is 0.000000309. The van der Waals surface area contributed by atoms with Crippen LogP contribution in [0, 0.1) is 0 Å². The molecule has 0 atom stereocenters. The first-order valence-electron chi connectivity index (χ1n) is 10.4. The molecule has 0 saturated carbocycles. The van der Waals surface area contributed by atoms with Crippen LogP contribution in [0.25, 0.3) is 11.1 Å². The molecule has 1 saturated heterocycles. The maximum Gasteiger partial charge on any atom is 0.264 e. The van der Waals surface area contributed by atoms with Gasteiger partial charge in [0.15, 0.2) is 0 Å². The molecule has 2 N–H and O–H groups in total. The van der Waals surface area contributed by atoms with Crippen molar-refractivity contribution in [3.05, 3.63) is 81.5 Å². The number of aryl methyl sites for hydroxylation is 1. The topological polar surface area (TPSA) is 46.3 Å². The molecule has 1 aromatic carbocycles. The third-order valence-electron chi connectivity index (χ3n) is 5.98. The number of amides is 1. The zero-order chi connectivity index (χ0) is 20.2. The Morgan fingerprint density at radius 3 is 2.27 bits per heavy atom. The number of benzene rings is 2. The SMILES string of the molecule is CCc1ccsc1C(=O)N1CCC(c2cccc(CN)c2)CC1.Cl.c1cc2ccc1-2. The molecule has 1 fully saturated rings. The highest BCUT2D eigenvalue weighted by Gasteiger charge is 2.26. The van der Waals surface area contributed by atoms with E-state index >= 15 is 0 Å². The summed E-state index contributed by atoms with van der Waals surface area (Å²) >= 11 is 1.57. The fourth-order valence-electron chi connectivity index (χ4n) is 4.00. The summed E-state index contributed by atoms with van der Waals surface area (Å²) < 4.78 is 0. The first kappa shape index (κ1) is 22.5. The monoisotopic (exact) mass is 440 g/mol. The second-order valence-corrected chi connectivity index (χ2v) is 8.64. The molecule has 5 heteroatoms. The summed E-state index contributed by atoms with van der Waals surface area (Å²) in [7, 11) is 0. The van der Waals surface area contributed by atoms with Gasteiger partial charge < -0.3 is 10.6 Å². The Kier molecular flexibility index (Phi) is 7.70. The number of carbonyl (C=O) groups excluding carboxylic acids is 1. The van der Waals surface area contributed by atoms with Gasteiger partial charge in [-0.25, -0.2) is 0 Å². The maximum absolute atomic E-state index is 12.7. The average molecular weight is 441 g/mol. The highest BCUT2D eigenvalue weighted by Crippen LogP contribution is 2.31. The summed E-state index contributed by atoms with van der Waals surface area (Å²) in [4.78, 5) is 15.7. The minimum Gasteiger partial charge on any atom is -0.338 e. The van der Waals surface area contributed by atoms with Crippen molar-refractivity contribution in [2.24, 2.45) is 5.73 Å². The van der Waals surface area contributed by atoms with E-state index in [0.29, 0.717) is 12.5 Å². The summed E-state index contributed by atoms with van der Waals surface area (Å²) in [6.45, 7) is 4.38. The standard InChI is InChI=1S/C19H24N2OS.C6H4.ClH/c1-2-15-8-11-23-18(15)19(22)21-9-6-16(7-10-21)17-5-3-4-14(12-17)13-20;1-2-6-4-3-5(1)6;/h3-5,8,11-12,16H,2,6-7,9-10,13,20H2,1H3;1-4H;1H. The van der Waals surface area contributed by atoms with E-state index in [1.807, 2.05) is 10.3 Å². The van der Waals surface area contributed by atoms with Crippen LogP contribution in [0.2, 0.25) is 0 Å². The van der Waals surface area contributed by atoms with Crippen LogP contribution >= 0.6 is 23.7 Å². The van der Waals surface area contributed by atoms with E-state index in [9.17, 15) is 4.79 Å². The molecule has 0 spiro atoms. The lowest BCUT2D eigenvalue weighted by atomic mass is 9.88. The molecule has 2 heterocycles. The number of thiophene rings is 1. The summed E-state index contributed by atoms with van der Waals surface area (Å²) in [5.41, 5.74) is 12.3. The zero-order valence-electron chi connectivity index (χ0n) is 17.3. The summed E-state index contributed by atoms with van der Waals surface area (Å²) in [5, 5.41) is 2.02. The molecule has 1 amide bonds. The van der Waals surface area contributed by atoms with Gasteiger partial charge in [0.25, 0.3) is 5.91 Å². The van der Waals surface area contributed by atoms with Crippen molar-refractivity contribution in [3.63, 3.8) is 0 Å². The van der Waals surface area contributed by atoms with Gasteiger partial charge in [-0.2, -0.15) is 0 Å².